The van der Waals surface area contributed by atoms with E-state index in [1.165, 1.54) is 16.7 Å². The molecule has 0 aliphatic carbocycles. The van der Waals surface area contributed by atoms with Crippen LogP contribution in [-0.4, -0.2) is 72.6 Å². The molecule has 4 aromatic rings. The Balaban J connectivity index is 1.20. The molecule has 3 N–H and O–H groups in total. The van der Waals surface area contributed by atoms with Crippen molar-refractivity contribution in [2.45, 2.75) is 46.2 Å². The normalized spacial score (nSPS) is 15.7. The van der Waals surface area contributed by atoms with Crippen molar-refractivity contribution in [2.24, 2.45) is 4.99 Å². The quantitative estimate of drug-likeness (QED) is 0.214. The lowest BCUT2D eigenvalue weighted by Gasteiger charge is -2.31. The zero-order chi connectivity index (χ0) is 32.5. The van der Waals surface area contributed by atoms with Crippen LogP contribution in [-0.2, 0) is 17.8 Å². The number of hydrogen-bond donors (Lipinski definition) is 3. The number of carbonyl (C=O) groups is 2. The van der Waals surface area contributed by atoms with Crippen LogP contribution in [0, 0.1) is 13.8 Å². The minimum absolute atomic E-state index is 0.00426. The van der Waals surface area contributed by atoms with Gasteiger partial charge in [0.05, 0.1) is 18.9 Å². The van der Waals surface area contributed by atoms with Crippen LogP contribution in [0.2, 0.25) is 0 Å². The van der Waals surface area contributed by atoms with Crippen LogP contribution >= 0.6 is 0 Å². The number of aliphatic imine (C=N–C) groups is 1. The Bertz CT molecular complexity index is 1820. The number of methoxy groups -OCH3 is 1. The third-order valence-electron chi connectivity index (χ3n) is 8.99. The number of aryl methyl sites for hydroxylation is 2. The fourth-order valence-corrected chi connectivity index (χ4v) is 6.47. The monoisotopic (exact) mass is 618 g/mol. The van der Waals surface area contributed by atoms with Gasteiger partial charge < -0.3 is 25.3 Å². The molecule has 238 valence electrons. The minimum atomic E-state index is -0.00545. The van der Waals surface area contributed by atoms with Crippen molar-refractivity contribution in [1.29, 1.82) is 0 Å². The molecule has 46 heavy (non-hydrogen) atoms. The van der Waals surface area contributed by atoms with Gasteiger partial charge >= 0.3 is 0 Å². The number of amides is 2. The molecule has 1 atom stereocenters. The zero-order valence-corrected chi connectivity index (χ0v) is 27.5. The Labute approximate surface area is 270 Å². The van der Waals surface area contributed by atoms with Crippen LogP contribution < -0.4 is 15.4 Å². The van der Waals surface area contributed by atoms with E-state index < -0.39 is 0 Å². The summed E-state index contributed by atoms with van der Waals surface area (Å²) in [5.41, 5.74) is 11.3. The highest BCUT2D eigenvalue weighted by atomic mass is 16.5. The van der Waals surface area contributed by atoms with Crippen LogP contribution in [0.3, 0.4) is 0 Å². The number of aromatic amines is 1. The molecule has 2 aliphatic heterocycles. The van der Waals surface area contributed by atoms with Crippen LogP contribution in [0.5, 0.6) is 5.75 Å². The molecule has 2 amide bonds. The number of anilines is 2. The summed E-state index contributed by atoms with van der Waals surface area (Å²) in [6.07, 6.45) is 3.37. The molecular weight excluding hydrogens is 576 g/mol. The first kappa shape index (κ1) is 31.1. The van der Waals surface area contributed by atoms with Gasteiger partial charge in [-0.25, -0.2) is 4.99 Å². The van der Waals surface area contributed by atoms with E-state index in [0.29, 0.717) is 18.5 Å². The maximum absolute atomic E-state index is 12.7. The van der Waals surface area contributed by atoms with Gasteiger partial charge in [-0.2, -0.15) is 0 Å². The fourth-order valence-electron chi connectivity index (χ4n) is 6.47. The van der Waals surface area contributed by atoms with Crippen molar-refractivity contribution in [3.63, 3.8) is 0 Å². The number of carbonyl (C=O) groups excluding carboxylic acids is 2. The molecule has 3 aromatic carbocycles. The number of H-pyrrole nitrogens is 1. The number of aromatic nitrogens is 1. The second-order valence-electron chi connectivity index (χ2n) is 12.5. The molecule has 0 bridgehead atoms. The Morgan fingerprint density at radius 3 is 2.52 bits per heavy atom. The number of benzene rings is 3. The van der Waals surface area contributed by atoms with E-state index in [9.17, 15) is 9.59 Å². The van der Waals surface area contributed by atoms with Gasteiger partial charge in [0.2, 0.25) is 5.91 Å². The Morgan fingerprint density at radius 1 is 1.04 bits per heavy atom. The number of ether oxygens (including phenoxy) is 1. The maximum atomic E-state index is 12.7. The standard InChI is InChI=1S/C37H42N6O3/c1-22-18-26(19-27-21-43(15-13-30(22)27)16-14-33(44)40-28-8-10-29(46-6)11-9-28)34-24(3)39-36-35(41-34)32(20-38-36)25-7-12-31(23(2)17-25)37(45)42(4)5/h7-12,17-20,24,38-39H,13-16,21H2,1-6H3,(H,40,44). The van der Waals surface area contributed by atoms with E-state index in [1.54, 1.807) is 26.1 Å². The van der Waals surface area contributed by atoms with Crippen LogP contribution in [0.25, 0.3) is 11.1 Å². The molecule has 1 unspecified atom stereocenters. The van der Waals surface area contributed by atoms with Crippen LogP contribution in [0.1, 0.15) is 51.5 Å². The maximum Gasteiger partial charge on any atom is 0.253 e. The lowest BCUT2D eigenvalue weighted by molar-refractivity contribution is -0.116. The molecule has 0 fully saturated rings. The van der Waals surface area contributed by atoms with Gasteiger partial charge in [0, 0.05) is 63.2 Å². The van der Waals surface area contributed by atoms with E-state index in [1.807, 2.05) is 49.5 Å². The Hall–Kier alpha value is -4.89. The topological polar surface area (TPSA) is 102 Å². The molecule has 9 heteroatoms. The van der Waals surface area contributed by atoms with Gasteiger partial charge in [-0.05, 0) is 103 Å². The minimum Gasteiger partial charge on any atom is -0.497 e. The van der Waals surface area contributed by atoms with Crippen molar-refractivity contribution in [2.75, 3.05) is 44.9 Å². The highest BCUT2D eigenvalue weighted by Gasteiger charge is 2.27. The summed E-state index contributed by atoms with van der Waals surface area (Å²) >= 11 is 0. The summed E-state index contributed by atoms with van der Waals surface area (Å²) in [4.78, 5) is 37.9. The van der Waals surface area contributed by atoms with Crippen LogP contribution in [0.15, 0.2) is 65.8 Å². The molecule has 0 saturated heterocycles. The zero-order valence-electron chi connectivity index (χ0n) is 27.5. The SMILES string of the molecule is COc1ccc(NC(=O)CCN2CCc3c(C)cc(C4=Nc5c(-c6ccc(C(=O)N(C)C)c(C)c6)c[nH]c5NC4C)cc3C2)cc1. The van der Waals surface area contributed by atoms with Crippen molar-refractivity contribution < 1.29 is 14.3 Å². The van der Waals surface area contributed by atoms with E-state index in [0.717, 1.165) is 70.4 Å². The molecule has 3 heterocycles. The molecule has 0 saturated carbocycles. The highest BCUT2D eigenvalue weighted by molar-refractivity contribution is 6.11. The number of nitrogens with one attached hydrogen (secondary N) is 3. The Kier molecular flexibility index (Phi) is 8.69. The average molecular weight is 619 g/mol. The number of fused-ring (bicyclic) bond motifs is 2. The van der Waals surface area contributed by atoms with Crippen LogP contribution in [0.4, 0.5) is 17.2 Å². The summed E-state index contributed by atoms with van der Waals surface area (Å²) in [7, 11) is 5.17. The lowest BCUT2D eigenvalue weighted by Crippen LogP contribution is -2.34. The molecular formula is C37H42N6O3. The Morgan fingerprint density at radius 2 is 1.80 bits per heavy atom. The first-order valence-electron chi connectivity index (χ1n) is 15.8. The number of hydrogen-bond acceptors (Lipinski definition) is 6. The summed E-state index contributed by atoms with van der Waals surface area (Å²) in [6, 6.07) is 17.9. The van der Waals surface area contributed by atoms with E-state index >= 15 is 0 Å². The average Bonchev–Trinajstić information content (AvgIpc) is 3.45. The smallest absolute Gasteiger partial charge is 0.253 e. The third kappa shape index (κ3) is 6.28. The van der Waals surface area contributed by atoms with Crippen molar-refractivity contribution >= 4 is 34.7 Å². The third-order valence-corrected chi connectivity index (χ3v) is 8.99. The summed E-state index contributed by atoms with van der Waals surface area (Å²) in [6.45, 7) is 8.72. The van der Waals surface area contributed by atoms with Gasteiger partial charge in [-0.15, -0.1) is 0 Å². The largest absolute Gasteiger partial charge is 0.497 e. The molecule has 0 radical (unpaired) electrons. The second kappa shape index (κ2) is 12.8. The first-order valence-corrected chi connectivity index (χ1v) is 15.8. The molecule has 2 aliphatic rings. The first-order chi connectivity index (χ1) is 22.1. The fraction of sp³-hybridized carbons (Fsp3) is 0.324. The molecule has 6 rings (SSSR count). The van der Waals surface area contributed by atoms with Gasteiger partial charge in [0.25, 0.3) is 5.91 Å². The summed E-state index contributed by atoms with van der Waals surface area (Å²) < 4.78 is 5.20. The highest BCUT2D eigenvalue weighted by Crippen LogP contribution is 2.41. The van der Waals surface area contributed by atoms with Crippen molar-refractivity contribution in [3.05, 3.63) is 94.2 Å². The molecule has 9 nitrogen and oxygen atoms in total. The van der Waals surface area contributed by atoms with Gasteiger partial charge in [0.15, 0.2) is 0 Å². The second-order valence-corrected chi connectivity index (χ2v) is 12.5. The lowest BCUT2D eigenvalue weighted by atomic mass is 9.90. The number of rotatable bonds is 8. The molecule has 0 spiro atoms. The van der Waals surface area contributed by atoms with Crippen molar-refractivity contribution in [3.8, 4) is 16.9 Å². The van der Waals surface area contributed by atoms with E-state index in [2.05, 4.69) is 52.6 Å². The van der Waals surface area contributed by atoms with E-state index in [4.69, 9.17) is 9.73 Å². The number of nitrogens with zero attached hydrogens (tertiary/aromatic N) is 3. The van der Waals surface area contributed by atoms with Gasteiger partial charge in [-0.1, -0.05) is 12.1 Å². The van der Waals surface area contributed by atoms with E-state index in [-0.39, 0.29) is 17.9 Å². The van der Waals surface area contributed by atoms with Gasteiger partial charge in [-0.3, -0.25) is 14.5 Å². The summed E-state index contributed by atoms with van der Waals surface area (Å²) in [5, 5.41) is 6.61. The van der Waals surface area contributed by atoms with Crippen molar-refractivity contribution in [1.82, 2.24) is 14.8 Å². The molecule has 1 aromatic heterocycles. The van der Waals surface area contributed by atoms with Gasteiger partial charge in [0.1, 0.15) is 17.3 Å². The predicted octanol–water partition coefficient (Wildman–Crippen LogP) is 6.33. The predicted molar refractivity (Wildman–Crippen MR) is 185 cm³/mol. The summed E-state index contributed by atoms with van der Waals surface area (Å²) in [5.74, 6) is 1.65.